The van der Waals surface area contributed by atoms with Crippen LogP contribution in [-0.4, -0.2) is 119 Å². The number of carboxylic acids is 1. The molecule has 0 fully saturated rings. The number of nitriles is 1. The van der Waals surface area contributed by atoms with Crippen LogP contribution in [0.4, 0.5) is 33.6 Å². The number of anilines is 2. The molecule has 5 aromatic carbocycles. The third-order valence-corrected chi connectivity index (χ3v) is 14.5. The first-order chi connectivity index (χ1) is 48.5. The third kappa shape index (κ3) is 20.7. The van der Waals surface area contributed by atoms with Crippen molar-refractivity contribution in [3.63, 3.8) is 0 Å². The van der Waals surface area contributed by atoms with Crippen LogP contribution >= 0.6 is 0 Å². The molecule has 13 rings (SSSR count). The zero-order chi connectivity index (χ0) is 72.6. The smallest absolute Gasteiger partial charge is 0.358 e. The normalized spacial score (nSPS) is 11.9. The van der Waals surface area contributed by atoms with Crippen LogP contribution in [-0.2, 0) is 57.2 Å². The van der Waals surface area contributed by atoms with Gasteiger partial charge in [-0.25, -0.2) is 46.3 Å². The SMILES string of the molecule is CC1(C)C(=O)Nc2nc(-c3ccn(Cc4ccccc4F)n3)nc(N)c21.CCOC(=O)C1=NCC=C1.CCOC(=O)c1ccn(Cc2ccccc2F)n1.N#Cc1ccn(Cc2ccccc2F)n1.N=C(N)c1ccn(Cc2ccccc2F)n1.O=C(O)c1ccn(Cc2ccccc2F)n1. The Kier molecular flexibility index (Phi) is 25.7. The number of carboxylic acid groups (broad SMARTS) is 1. The number of fused-ring (bicyclic) bond motifs is 1. The van der Waals surface area contributed by atoms with Gasteiger partial charge in [-0.1, -0.05) is 97.1 Å². The zero-order valence-electron chi connectivity index (χ0n) is 54.8. The summed E-state index contributed by atoms with van der Waals surface area (Å²) in [5.74, 6) is -2.59. The Hall–Kier alpha value is -13.1. The Labute approximate surface area is 575 Å². The number of aromatic carboxylic acids is 1. The van der Waals surface area contributed by atoms with Crippen LogP contribution < -0.4 is 16.8 Å². The van der Waals surface area contributed by atoms with E-state index in [2.05, 4.69) is 45.8 Å². The molecule has 0 radical (unpaired) electrons. The summed E-state index contributed by atoms with van der Waals surface area (Å²) in [6.45, 7) is 9.84. The summed E-state index contributed by atoms with van der Waals surface area (Å²) in [5, 5.41) is 47.4. The highest BCUT2D eigenvalue weighted by Crippen LogP contribution is 2.40. The number of halogens is 5. The molecule has 0 saturated carbocycles. The standard InChI is InChI=1S/C18H17FN6O.C13H13FN2O2.C11H11FN4.C11H8FN3.C11H9FN2O2.C7H9NO2/c1-18(2)13-14(20)21-15(22-16(13)23-17(18)26)12-7-8-25(24-12)9-10-5-3-4-6-11(10)19;1-2-18-13(17)12-7-8-16(15-12)9-10-5-3-4-6-11(10)14;12-9-4-2-1-3-8(9)7-16-6-5-10(15-16)11(13)14;12-11-4-2-1-3-9(11)8-15-6-5-10(7-13)14-15;12-9-4-2-1-3-8(9)7-14-6-5-10(13-14)11(15)16;1-2-10-7(9)6-4-3-5-8-6/h3-8H,9H2,1-2H3,(H3,20,21,22,23,26);3-8H,2,9H2,1H3;1-6H,7H2,(H3,13,14);1-6H,8H2;1-6H,7H2,(H,15,16);3-4H,2,5H2,1H3. The second-order valence-electron chi connectivity index (χ2n) is 22.1. The van der Waals surface area contributed by atoms with Crippen LogP contribution in [0.25, 0.3) is 11.5 Å². The van der Waals surface area contributed by atoms with E-state index in [1.807, 2.05) is 12.1 Å². The minimum absolute atomic E-state index is 0.0451. The number of nitrogens with two attached hydrogens (primary N) is 2. The molecule has 30 heteroatoms. The molecular formula is C71H67F5N18O7. The molecule has 7 N–H and O–H groups in total. The molecule has 11 aromatic rings. The fourth-order valence-electron chi connectivity index (χ4n) is 9.39. The number of carbonyl (C=O) groups is 4. The minimum atomic E-state index is -1.09. The molecule has 2 aliphatic rings. The predicted octanol–water partition coefficient (Wildman–Crippen LogP) is 10.2. The average molecular weight is 1380 g/mol. The molecule has 101 heavy (non-hydrogen) atoms. The van der Waals surface area contributed by atoms with Crippen LogP contribution in [0, 0.1) is 45.8 Å². The third-order valence-electron chi connectivity index (χ3n) is 14.5. The van der Waals surface area contributed by atoms with Gasteiger partial charge in [0.1, 0.15) is 69.7 Å². The van der Waals surface area contributed by atoms with Crippen LogP contribution in [0.3, 0.4) is 0 Å². The van der Waals surface area contributed by atoms with Gasteiger partial charge in [-0.2, -0.15) is 30.8 Å². The minimum Gasteiger partial charge on any atom is -0.476 e. The van der Waals surface area contributed by atoms with E-state index in [1.54, 1.807) is 183 Å². The molecular weight excluding hydrogens is 1310 g/mol. The Balaban J connectivity index is 0.000000157. The summed E-state index contributed by atoms with van der Waals surface area (Å²) in [7, 11) is 0. The average Bonchev–Trinajstić information content (AvgIpc) is 1.61. The van der Waals surface area contributed by atoms with Gasteiger partial charge in [-0.05, 0) is 94.4 Å². The van der Waals surface area contributed by atoms with E-state index in [0.717, 1.165) is 0 Å². The maximum atomic E-state index is 13.8. The molecule has 25 nitrogen and oxygen atoms in total. The number of nitrogens with one attached hydrogen (secondary N) is 2. The number of amides is 1. The lowest BCUT2D eigenvalue weighted by atomic mass is 9.87. The van der Waals surface area contributed by atoms with Crippen molar-refractivity contribution in [2.45, 2.75) is 65.8 Å². The number of benzene rings is 5. The van der Waals surface area contributed by atoms with Crippen molar-refractivity contribution >= 4 is 47.0 Å². The highest BCUT2D eigenvalue weighted by atomic mass is 19.1. The maximum Gasteiger partial charge on any atom is 0.358 e. The van der Waals surface area contributed by atoms with Gasteiger partial charge in [-0.3, -0.25) is 38.6 Å². The van der Waals surface area contributed by atoms with E-state index in [1.165, 1.54) is 56.6 Å². The number of hydrogen-bond acceptors (Lipinski definition) is 17. The van der Waals surface area contributed by atoms with Crippen molar-refractivity contribution in [3.05, 3.63) is 280 Å². The lowest BCUT2D eigenvalue weighted by Crippen LogP contribution is -2.27. The Morgan fingerprint density at radius 3 is 1.37 bits per heavy atom. The number of ether oxygens (including phenoxy) is 2. The van der Waals surface area contributed by atoms with E-state index in [-0.39, 0.29) is 83.6 Å². The van der Waals surface area contributed by atoms with Crippen LogP contribution in [0.15, 0.2) is 200 Å². The van der Waals surface area contributed by atoms with Gasteiger partial charge < -0.3 is 31.4 Å². The molecule has 0 bridgehead atoms. The van der Waals surface area contributed by atoms with E-state index in [9.17, 15) is 41.1 Å². The Bertz CT molecular complexity index is 4720. The number of esters is 2. The van der Waals surface area contributed by atoms with Gasteiger partial charge in [-0.15, -0.1) is 0 Å². The molecule has 2 aliphatic heterocycles. The molecule has 518 valence electrons. The number of nitrogens with zero attached hydrogens (tertiary/aromatic N) is 14. The van der Waals surface area contributed by atoms with Gasteiger partial charge in [0.15, 0.2) is 22.9 Å². The number of aliphatic imine (C=N–C) groups is 1. The molecule has 0 atom stereocenters. The second-order valence-corrected chi connectivity index (χ2v) is 22.1. The summed E-state index contributed by atoms with van der Waals surface area (Å²) in [5.41, 5.74) is 15.7. The molecule has 0 spiro atoms. The highest BCUT2D eigenvalue weighted by molar-refractivity contribution is 6.41. The summed E-state index contributed by atoms with van der Waals surface area (Å²) in [6, 6.07) is 42.2. The van der Waals surface area contributed by atoms with Crippen molar-refractivity contribution < 1.29 is 55.7 Å². The molecule has 8 heterocycles. The van der Waals surface area contributed by atoms with E-state index in [4.69, 9.17) is 36.7 Å². The van der Waals surface area contributed by atoms with Crippen molar-refractivity contribution in [2.24, 2.45) is 10.7 Å². The topological polar surface area (TPSA) is 346 Å². The quantitative estimate of drug-likeness (QED) is 0.0245. The fraction of sp³-hybridized carbons (Fsp3) is 0.183. The molecule has 0 aliphatic carbocycles. The number of aromatic nitrogens is 12. The zero-order valence-corrected chi connectivity index (χ0v) is 54.8. The molecule has 0 unspecified atom stereocenters. The molecule has 0 saturated heterocycles. The summed E-state index contributed by atoms with van der Waals surface area (Å²) >= 11 is 0. The Morgan fingerprint density at radius 1 is 0.574 bits per heavy atom. The van der Waals surface area contributed by atoms with E-state index >= 15 is 0 Å². The highest BCUT2D eigenvalue weighted by Gasteiger charge is 2.42. The first-order valence-electron chi connectivity index (χ1n) is 30.9. The summed E-state index contributed by atoms with van der Waals surface area (Å²) < 4.78 is 84.2. The number of amidine groups is 1. The van der Waals surface area contributed by atoms with Crippen LogP contribution in [0.2, 0.25) is 0 Å². The second kappa shape index (κ2) is 35.3. The van der Waals surface area contributed by atoms with Gasteiger partial charge in [0, 0.05) is 58.8 Å². The van der Waals surface area contributed by atoms with Crippen molar-refractivity contribution in [2.75, 3.05) is 30.8 Å². The summed E-state index contributed by atoms with van der Waals surface area (Å²) in [6.07, 6.45) is 11.7. The maximum absolute atomic E-state index is 13.8. The number of hydrogen-bond donors (Lipinski definition) is 5. The number of nitrogen functional groups attached to an aromatic ring is 2. The number of carbonyl (C=O) groups excluding carboxylic acids is 3. The van der Waals surface area contributed by atoms with Crippen molar-refractivity contribution in [1.82, 2.24) is 58.9 Å². The van der Waals surface area contributed by atoms with Gasteiger partial charge in [0.05, 0.1) is 63.5 Å². The first-order valence-corrected chi connectivity index (χ1v) is 30.9. The van der Waals surface area contributed by atoms with Gasteiger partial charge in [0.25, 0.3) is 0 Å². The lowest BCUT2D eigenvalue weighted by Gasteiger charge is -2.15. The van der Waals surface area contributed by atoms with Crippen LogP contribution in [0.1, 0.15) is 93.4 Å². The lowest BCUT2D eigenvalue weighted by molar-refractivity contribution is -0.134. The monoisotopic (exact) mass is 1380 g/mol. The molecule has 6 aromatic heterocycles. The van der Waals surface area contributed by atoms with Gasteiger partial charge >= 0.3 is 17.9 Å². The van der Waals surface area contributed by atoms with E-state index < -0.39 is 17.4 Å². The summed E-state index contributed by atoms with van der Waals surface area (Å²) in [4.78, 5) is 57.5. The Morgan fingerprint density at radius 2 is 0.970 bits per heavy atom. The van der Waals surface area contributed by atoms with Crippen molar-refractivity contribution in [1.29, 1.82) is 10.7 Å². The van der Waals surface area contributed by atoms with E-state index in [0.29, 0.717) is 101 Å². The largest absolute Gasteiger partial charge is 0.476 e. The fourth-order valence-corrected chi connectivity index (χ4v) is 9.39. The predicted molar refractivity (Wildman–Crippen MR) is 362 cm³/mol. The van der Waals surface area contributed by atoms with Gasteiger partial charge in [0.2, 0.25) is 5.91 Å². The number of rotatable bonds is 17. The van der Waals surface area contributed by atoms with Crippen molar-refractivity contribution in [3.8, 4) is 17.6 Å². The first kappa shape index (κ1) is 73.7. The molecule has 1 amide bonds. The van der Waals surface area contributed by atoms with Crippen LogP contribution in [0.5, 0.6) is 0 Å².